The molecular formula is C12H22O3. The van der Waals surface area contributed by atoms with Crippen LogP contribution in [-0.2, 0) is 9.53 Å². The fraction of sp³-hybridized carbons (Fsp3) is 0.917. The van der Waals surface area contributed by atoms with Crippen LogP contribution in [0.15, 0.2) is 0 Å². The summed E-state index contributed by atoms with van der Waals surface area (Å²) in [6, 6.07) is 0. The van der Waals surface area contributed by atoms with Gasteiger partial charge >= 0.3 is 5.97 Å². The van der Waals surface area contributed by atoms with Crippen molar-refractivity contribution in [1.29, 1.82) is 0 Å². The van der Waals surface area contributed by atoms with Gasteiger partial charge in [-0.25, -0.2) is 0 Å². The van der Waals surface area contributed by atoms with E-state index in [1.165, 1.54) is 0 Å². The van der Waals surface area contributed by atoms with Gasteiger partial charge in [-0.05, 0) is 53.4 Å². The summed E-state index contributed by atoms with van der Waals surface area (Å²) < 4.78 is 5.32. The first kappa shape index (κ1) is 12.5. The maximum atomic E-state index is 11.7. The monoisotopic (exact) mass is 214 g/mol. The van der Waals surface area contributed by atoms with E-state index in [1.807, 2.05) is 27.7 Å². The summed E-state index contributed by atoms with van der Waals surface area (Å²) in [6.45, 7) is 7.47. The van der Waals surface area contributed by atoms with Crippen molar-refractivity contribution >= 4 is 5.97 Å². The van der Waals surface area contributed by atoms with Crippen LogP contribution in [0.25, 0.3) is 0 Å². The summed E-state index contributed by atoms with van der Waals surface area (Å²) in [5, 5.41) is 9.75. The van der Waals surface area contributed by atoms with Gasteiger partial charge in [-0.1, -0.05) is 0 Å². The molecule has 0 unspecified atom stereocenters. The Hall–Kier alpha value is -0.570. The van der Waals surface area contributed by atoms with Crippen LogP contribution in [0, 0.1) is 5.92 Å². The van der Waals surface area contributed by atoms with E-state index in [-0.39, 0.29) is 11.9 Å². The maximum Gasteiger partial charge on any atom is 0.309 e. The van der Waals surface area contributed by atoms with Gasteiger partial charge in [0.05, 0.1) is 11.5 Å². The van der Waals surface area contributed by atoms with Crippen LogP contribution in [0.3, 0.4) is 0 Å². The third-order valence-electron chi connectivity index (χ3n) is 2.80. The molecule has 3 heteroatoms. The van der Waals surface area contributed by atoms with Crippen LogP contribution < -0.4 is 0 Å². The quantitative estimate of drug-likeness (QED) is 0.681. The molecule has 1 aliphatic rings. The molecule has 88 valence electrons. The van der Waals surface area contributed by atoms with E-state index >= 15 is 0 Å². The number of rotatable bonds is 1. The zero-order valence-electron chi connectivity index (χ0n) is 10.2. The summed E-state index contributed by atoms with van der Waals surface area (Å²) in [5.41, 5.74) is -0.991. The minimum atomic E-state index is -0.585. The molecule has 0 saturated heterocycles. The molecule has 1 saturated carbocycles. The molecule has 0 aliphatic heterocycles. The highest BCUT2D eigenvalue weighted by atomic mass is 16.6. The fourth-order valence-corrected chi connectivity index (χ4v) is 1.86. The number of carbonyl (C=O) groups is 1. The summed E-state index contributed by atoms with van der Waals surface area (Å²) in [6.07, 6.45) is 2.86. The van der Waals surface area contributed by atoms with Crippen LogP contribution in [-0.4, -0.2) is 22.3 Å². The van der Waals surface area contributed by atoms with Gasteiger partial charge in [0.1, 0.15) is 5.60 Å². The summed E-state index contributed by atoms with van der Waals surface area (Å²) in [4.78, 5) is 11.7. The first-order valence-electron chi connectivity index (χ1n) is 5.65. The lowest BCUT2D eigenvalue weighted by atomic mass is 9.80. The highest BCUT2D eigenvalue weighted by molar-refractivity contribution is 5.73. The first-order valence-corrected chi connectivity index (χ1v) is 5.65. The SMILES string of the molecule is CC1(O)CCC(C(=O)OC(C)(C)C)CC1. The molecule has 0 bridgehead atoms. The van der Waals surface area contributed by atoms with Crippen molar-refractivity contribution < 1.29 is 14.6 Å². The Kier molecular flexibility index (Phi) is 3.44. The van der Waals surface area contributed by atoms with Gasteiger partial charge in [-0.2, -0.15) is 0 Å². The van der Waals surface area contributed by atoms with Gasteiger partial charge in [0.2, 0.25) is 0 Å². The molecule has 0 spiro atoms. The average molecular weight is 214 g/mol. The van der Waals surface area contributed by atoms with Crippen LogP contribution in [0.1, 0.15) is 53.4 Å². The molecule has 3 nitrogen and oxygen atoms in total. The minimum Gasteiger partial charge on any atom is -0.460 e. The molecule has 0 aromatic carbocycles. The van der Waals surface area contributed by atoms with Crippen LogP contribution in [0.4, 0.5) is 0 Å². The standard InChI is InChI=1S/C12H22O3/c1-11(2,3)15-10(13)9-5-7-12(4,14)8-6-9/h9,14H,5-8H2,1-4H3. The van der Waals surface area contributed by atoms with Crippen LogP contribution in [0.2, 0.25) is 0 Å². The van der Waals surface area contributed by atoms with Gasteiger partial charge in [-0.3, -0.25) is 4.79 Å². The predicted octanol–water partition coefficient (Wildman–Crippen LogP) is 2.27. The van der Waals surface area contributed by atoms with Gasteiger partial charge in [0, 0.05) is 0 Å². The van der Waals surface area contributed by atoms with Gasteiger partial charge < -0.3 is 9.84 Å². The Balaban J connectivity index is 2.44. The van der Waals surface area contributed by atoms with Gasteiger partial charge in [0.15, 0.2) is 0 Å². The number of esters is 1. The average Bonchev–Trinajstić information content (AvgIpc) is 2.00. The molecule has 0 radical (unpaired) electrons. The van der Waals surface area contributed by atoms with E-state index in [4.69, 9.17) is 4.74 Å². The second-order valence-corrected chi connectivity index (χ2v) is 5.80. The Morgan fingerprint density at radius 3 is 2.20 bits per heavy atom. The van der Waals surface area contributed by atoms with Crippen molar-refractivity contribution in [2.45, 2.75) is 64.6 Å². The smallest absolute Gasteiger partial charge is 0.309 e. The summed E-state index contributed by atoms with van der Waals surface area (Å²) in [5.74, 6) is -0.137. The second kappa shape index (κ2) is 4.12. The summed E-state index contributed by atoms with van der Waals surface area (Å²) in [7, 11) is 0. The molecule has 0 atom stereocenters. The Labute approximate surface area is 91.8 Å². The van der Waals surface area contributed by atoms with E-state index in [2.05, 4.69) is 0 Å². The molecular weight excluding hydrogens is 192 g/mol. The molecule has 0 amide bonds. The zero-order valence-corrected chi connectivity index (χ0v) is 10.2. The number of hydrogen-bond acceptors (Lipinski definition) is 3. The van der Waals surface area contributed by atoms with Crippen molar-refractivity contribution in [2.75, 3.05) is 0 Å². The normalized spacial score (nSPS) is 32.5. The molecule has 0 heterocycles. The summed E-state index contributed by atoms with van der Waals surface area (Å²) >= 11 is 0. The Morgan fingerprint density at radius 1 is 1.33 bits per heavy atom. The molecule has 0 aromatic heterocycles. The topological polar surface area (TPSA) is 46.5 Å². The van der Waals surface area contributed by atoms with E-state index in [0.717, 1.165) is 12.8 Å². The third-order valence-corrected chi connectivity index (χ3v) is 2.80. The van der Waals surface area contributed by atoms with Gasteiger partial charge in [-0.15, -0.1) is 0 Å². The number of hydrogen-bond donors (Lipinski definition) is 1. The van der Waals surface area contributed by atoms with Crippen molar-refractivity contribution in [2.24, 2.45) is 5.92 Å². The molecule has 1 aliphatic carbocycles. The first-order chi connectivity index (χ1) is 6.70. The number of aliphatic hydroxyl groups is 1. The molecule has 1 fully saturated rings. The van der Waals surface area contributed by atoms with Crippen LogP contribution >= 0.6 is 0 Å². The molecule has 1 N–H and O–H groups in total. The van der Waals surface area contributed by atoms with Gasteiger partial charge in [0.25, 0.3) is 0 Å². The van der Waals surface area contributed by atoms with E-state index in [1.54, 1.807) is 0 Å². The Morgan fingerprint density at radius 2 is 1.80 bits per heavy atom. The lowest BCUT2D eigenvalue weighted by molar-refractivity contribution is -0.162. The predicted molar refractivity (Wildman–Crippen MR) is 58.4 cm³/mol. The van der Waals surface area contributed by atoms with Crippen molar-refractivity contribution in [1.82, 2.24) is 0 Å². The highest BCUT2D eigenvalue weighted by Gasteiger charge is 2.34. The van der Waals surface area contributed by atoms with E-state index < -0.39 is 11.2 Å². The number of carbonyl (C=O) groups excluding carboxylic acids is 1. The third kappa shape index (κ3) is 4.20. The second-order valence-electron chi connectivity index (χ2n) is 5.80. The Bertz CT molecular complexity index is 228. The van der Waals surface area contributed by atoms with E-state index in [9.17, 15) is 9.90 Å². The maximum absolute atomic E-state index is 11.7. The minimum absolute atomic E-state index is 0.0237. The lowest BCUT2D eigenvalue weighted by Crippen LogP contribution is -2.36. The number of ether oxygens (including phenoxy) is 1. The highest BCUT2D eigenvalue weighted by Crippen LogP contribution is 2.32. The van der Waals surface area contributed by atoms with Crippen molar-refractivity contribution in [3.8, 4) is 0 Å². The molecule has 15 heavy (non-hydrogen) atoms. The van der Waals surface area contributed by atoms with Crippen LogP contribution in [0.5, 0.6) is 0 Å². The van der Waals surface area contributed by atoms with E-state index in [0.29, 0.717) is 12.8 Å². The lowest BCUT2D eigenvalue weighted by Gasteiger charge is -2.33. The fourth-order valence-electron chi connectivity index (χ4n) is 1.86. The van der Waals surface area contributed by atoms with Crippen molar-refractivity contribution in [3.05, 3.63) is 0 Å². The molecule has 1 rings (SSSR count). The van der Waals surface area contributed by atoms with Crippen molar-refractivity contribution in [3.63, 3.8) is 0 Å². The largest absolute Gasteiger partial charge is 0.460 e. The molecule has 0 aromatic rings. The zero-order chi connectivity index (χ0) is 11.7.